The highest BCUT2D eigenvalue weighted by Crippen LogP contribution is 2.56. The number of para-hydroxylation sites is 3. The molecule has 5 aromatic carbocycles. The normalized spacial score (nSPS) is 19.8. The summed E-state index contributed by atoms with van der Waals surface area (Å²) in [5.41, 5.74) is 11.9. The first kappa shape index (κ1) is 30.3. The van der Waals surface area contributed by atoms with E-state index in [-0.39, 0.29) is 5.41 Å². The zero-order valence-electron chi connectivity index (χ0n) is 29.5. The summed E-state index contributed by atoms with van der Waals surface area (Å²) in [4.78, 5) is 12.4. The third-order valence-electron chi connectivity index (χ3n) is 11.7. The molecule has 3 fully saturated rings. The Labute approximate surface area is 300 Å². The Kier molecular flexibility index (Phi) is 6.83. The Hall–Kier alpha value is -5.55. The van der Waals surface area contributed by atoms with E-state index in [0.29, 0.717) is 6.04 Å². The van der Waals surface area contributed by atoms with Crippen LogP contribution in [0.3, 0.4) is 0 Å². The lowest BCUT2D eigenvalue weighted by Gasteiger charge is -2.43. The van der Waals surface area contributed by atoms with Crippen molar-refractivity contribution >= 4 is 34.3 Å². The van der Waals surface area contributed by atoms with Gasteiger partial charge in [-0.2, -0.15) is 0 Å². The van der Waals surface area contributed by atoms with E-state index in [1.165, 1.54) is 52.9 Å². The molecule has 252 valence electrons. The molecule has 2 unspecified atom stereocenters. The van der Waals surface area contributed by atoms with Gasteiger partial charge in [0.25, 0.3) is 0 Å². The van der Waals surface area contributed by atoms with Crippen molar-refractivity contribution in [1.82, 2.24) is 4.98 Å². The second kappa shape index (κ2) is 11.5. The van der Waals surface area contributed by atoms with E-state index in [1.807, 2.05) is 6.20 Å². The molecule has 0 amide bonds. The summed E-state index contributed by atoms with van der Waals surface area (Å²) in [5, 5.41) is 0. The van der Waals surface area contributed by atoms with E-state index in [9.17, 15) is 0 Å². The highest BCUT2D eigenvalue weighted by molar-refractivity contribution is 6.02. The van der Waals surface area contributed by atoms with Gasteiger partial charge in [0.2, 0.25) is 0 Å². The molecule has 3 saturated carbocycles. The van der Waals surface area contributed by atoms with Crippen molar-refractivity contribution < 1.29 is 4.74 Å². The number of benzene rings is 5. The van der Waals surface area contributed by atoms with Gasteiger partial charge in [-0.3, -0.25) is 4.90 Å². The molecule has 3 aliphatic carbocycles. The van der Waals surface area contributed by atoms with Gasteiger partial charge in [-0.05, 0) is 108 Å². The molecular formula is C46H42N4O. The van der Waals surface area contributed by atoms with Gasteiger partial charge in [0.15, 0.2) is 0 Å². The summed E-state index contributed by atoms with van der Waals surface area (Å²) in [6.07, 6.45) is 6.10. The maximum Gasteiger partial charge on any atom is 0.137 e. The molecule has 2 bridgehead atoms. The van der Waals surface area contributed by atoms with E-state index < -0.39 is 0 Å². The molecule has 0 N–H and O–H groups in total. The van der Waals surface area contributed by atoms with E-state index in [0.717, 1.165) is 58.4 Å². The Bertz CT molecular complexity index is 2290. The third-order valence-corrected chi connectivity index (χ3v) is 11.7. The predicted octanol–water partition coefficient (Wildman–Crippen LogP) is 12.0. The Morgan fingerprint density at radius 1 is 0.608 bits per heavy atom. The second-order valence-electron chi connectivity index (χ2n) is 15.7. The van der Waals surface area contributed by atoms with Crippen molar-refractivity contribution in [2.45, 2.75) is 51.5 Å². The molecular weight excluding hydrogens is 625 g/mol. The predicted molar refractivity (Wildman–Crippen MR) is 209 cm³/mol. The summed E-state index contributed by atoms with van der Waals surface area (Å²) in [7, 11) is 0. The minimum atomic E-state index is -0.0187. The van der Waals surface area contributed by atoms with Gasteiger partial charge < -0.3 is 14.5 Å². The van der Waals surface area contributed by atoms with E-state index in [1.54, 1.807) is 0 Å². The molecule has 6 aromatic rings. The smallest absolute Gasteiger partial charge is 0.137 e. The minimum absolute atomic E-state index is 0.0187. The highest BCUT2D eigenvalue weighted by atomic mass is 16.5. The van der Waals surface area contributed by atoms with E-state index >= 15 is 0 Å². The lowest BCUT2D eigenvalue weighted by molar-refractivity contribution is 0.229. The number of anilines is 6. The van der Waals surface area contributed by atoms with Crippen LogP contribution in [-0.4, -0.2) is 17.7 Å². The first-order valence-corrected chi connectivity index (χ1v) is 18.4. The topological polar surface area (TPSA) is 31.8 Å². The second-order valence-corrected chi connectivity index (χ2v) is 15.7. The van der Waals surface area contributed by atoms with Crippen LogP contribution in [0.15, 0.2) is 134 Å². The average molecular weight is 667 g/mol. The molecule has 5 aliphatic rings. The zero-order valence-corrected chi connectivity index (χ0v) is 29.5. The van der Waals surface area contributed by atoms with Crippen LogP contribution >= 0.6 is 0 Å². The first-order valence-electron chi connectivity index (χ1n) is 18.4. The first-order chi connectivity index (χ1) is 24.9. The SMILES string of the molecule is CC(C)(C)c1ccnc(N2c3ccccc3-c3ccccc3-c3ccc(Oc4cccc(N5CN(C6C7CCC6C7)c6ccccc65)c4)cc32)c1. The quantitative estimate of drug-likeness (QED) is 0.183. The van der Waals surface area contributed by atoms with Gasteiger partial charge >= 0.3 is 0 Å². The average Bonchev–Trinajstić information content (AvgIpc) is 3.87. The van der Waals surface area contributed by atoms with Crippen molar-refractivity contribution in [3.63, 3.8) is 0 Å². The molecule has 1 aromatic heterocycles. The Morgan fingerprint density at radius 2 is 1.27 bits per heavy atom. The van der Waals surface area contributed by atoms with Crippen LogP contribution in [0, 0.1) is 11.8 Å². The zero-order chi connectivity index (χ0) is 34.3. The lowest BCUT2D eigenvalue weighted by Crippen LogP contribution is -2.50. The van der Waals surface area contributed by atoms with Crippen LogP contribution in [0.25, 0.3) is 22.3 Å². The van der Waals surface area contributed by atoms with Crippen LogP contribution in [0.2, 0.25) is 0 Å². The number of pyridine rings is 1. The number of hydrogen-bond acceptors (Lipinski definition) is 5. The maximum absolute atomic E-state index is 6.78. The maximum atomic E-state index is 6.78. The number of fused-ring (bicyclic) bond motifs is 7. The van der Waals surface area contributed by atoms with Gasteiger partial charge in [0.05, 0.1) is 29.4 Å². The lowest BCUT2D eigenvalue weighted by atomic mass is 9.77. The van der Waals surface area contributed by atoms with Gasteiger partial charge in [0, 0.05) is 41.2 Å². The van der Waals surface area contributed by atoms with Gasteiger partial charge in [-0.1, -0.05) is 81.4 Å². The molecule has 2 aliphatic heterocycles. The molecule has 0 radical (unpaired) electrons. The van der Waals surface area contributed by atoms with Crippen molar-refractivity contribution in [2.75, 3.05) is 21.4 Å². The molecule has 5 nitrogen and oxygen atoms in total. The Morgan fingerprint density at radius 3 is 2.02 bits per heavy atom. The molecule has 3 heterocycles. The fourth-order valence-electron chi connectivity index (χ4n) is 9.16. The highest BCUT2D eigenvalue weighted by Gasteiger charge is 2.51. The number of ether oxygens (including phenoxy) is 1. The van der Waals surface area contributed by atoms with Crippen LogP contribution in [0.4, 0.5) is 34.3 Å². The third kappa shape index (κ3) is 4.93. The molecule has 51 heavy (non-hydrogen) atoms. The fourth-order valence-corrected chi connectivity index (χ4v) is 9.16. The summed E-state index contributed by atoms with van der Waals surface area (Å²) in [5.74, 6) is 4.18. The Balaban J connectivity index is 1.05. The molecule has 0 saturated heterocycles. The summed E-state index contributed by atoms with van der Waals surface area (Å²) in [6.45, 7) is 7.64. The minimum Gasteiger partial charge on any atom is -0.457 e. The standard InChI is InChI=1S/C46H42N4O/c1-46(2,3)32-23-24-47-44(26-32)50-40-16-7-6-15-38(40)36-13-4-5-14-37(36)39-22-21-35(28-43(39)50)51-34-12-10-11-33(27-34)48-29-49(42-18-9-8-17-41(42)48)45-30-19-20-31(45)25-30/h4-18,21-24,26-28,30-31,45H,19-20,25,29H2,1-3H3. The number of nitrogens with zero attached hydrogens (tertiary/aromatic N) is 4. The van der Waals surface area contributed by atoms with E-state index in [4.69, 9.17) is 9.72 Å². The van der Waals surface area contributed by atoms with Crippen LogP contribution in [-0.2, 0) is 5.41 Å². The molecule has 2 atom stereocenters. The van der Waals surface area contributed by atoms with Crippen LogP contribution < -0.4 is 19.4 Å². The fraction of sp³-hybridized carbons (Fsp3) is 0.239. The van der Waals surface area contributed by atoms with Crippen molar-refractivity contribution in [2.24, 2.45) is 11.8 Å². The summed E-state index contributed by atoms with van der Waals surface area (Å²) in [6, 6.07) is 46.4. The summed E-state index contributed by atoms with van der Waals surface area (Å²) < 4.78 is 6.78. The van der Waals surface area contributed by atoms with Crippen molar-refractivity contribution in [1.29, 1.82) is 0 Å². The molecule has 11 rings (SSSR count). The molecule has 0 spiro atoms. The van der Waals surface area contributed by atoms with E-state index in [2.05, 4.69) is 163 Å². The largest absolute Gasteiger partial charge is 0.457 e. The van der Waals surface area contributed by atoms with Gasteiger partial charge in [-0.15, -0.1) is 0 Å². The number of hydrogen-bond donors (Lipinski definition) is 0. The number of aromatic nitrogens is 1. The van der Waals surface area contributed by atoms with Crippen molar-refractivity contribution in [3.8, 4) is 33.8 Å². The monoisotopic (exact) mass is 666 g/mol. The summed E-state index contributed by atoms with van der Waals surface area (Å²) >= 11 is 0. The van der Waals surface area contributed by atoms with Gasteiger partial charge in [-0.25, -0.2) is 4.98 Å². The van der Waals surface area contributed by atoms with Crippen LogP contribution in [0.5, 0.6) is 11.5 Å². The van der Waals surface area contributed by atoms with Crippen molar-refractivity contribution in [3.05, 3.63) is 139 Å². The molecule has 5 heteroatoms. The number of rotatable bonds is 5. The van der Waals surface area contributed by atoms with Gasteiger partial charge in [0.1, 0.15) is 17.3 Å². The van der Waals surface area contributed by atoms with Crippen LogP contribution in [0.1, 0.15) is 45.6 Å².